The number of fused-ring (bicyclic) bond motifs is 2. The third-order valence-corrected chi connectivity index (χ3v) is 9.22. The first-order valence-electron chi connectivity index (χ1n) is 15.4. The minimum atomic E-state index is 0.0800. The molecule has 6 rings (SSSR count). The summed E-state index contributed by atoms with van der Waals surface area (Å²) in [7, 11) is 6.09. The number of aryl methyl sites for hydroxylation is 3. The Morgan fingerprint density at radius 1 is 0.909 bits per heavy atom. The van der Waals surface area contributed by atoms with Gasteiger partial charge in [0.25, 0.3) is 0 Å². The number of carbonyl (C=O) groups excluding carboxylic acids is 1. The molecule has 1 saturated heterocycles. The first-order chi connectivity index (χ1) is 21.3. The molecule has 44 heavy (non-hydrogen) atoms. The van der Waals surface area contributed by atoms with E-state index in [2.05, 4.69) is 69.9 Å². The van der Waals surface area contributed by atoms with Gasteiger partial charge in [0.05, 0.1) is 17.6 Å². The van der Waals surface area contributed by atoms with Crippen LogP contribution in [0, 0.1) is 5.41 Å². The molecule has 1 aromatic heterocycles. The SMILES string of the molecule is CN(C(=O)CN1CCC(N(C)c2ccc3ccccc3c2)CC1)c1ccc2c(c1)nc(CCc1ccc(C(=N)N)cc1)n2C. The fourth-order valence-electron chi connectivity index (χ4n) is 6.29. The van der Waals surface area contributed by atoms with E-state index in [1.165, 1.54) is 22.0 Å². The van der Waals surface area contributed by atoms with Crippen molar-refractivity contribution in [1.82, 2.24) is 14.5 Å². The highest BCUT2D eigenvalue weighted by Gasteiger charge is 2.25. The van der Waals surface area contributed by atoms with Gasteiger partial charge in [0.15, 0.2) is 0 Å². The first kappa shape index (κ1) is 29.4. The summed E-state index contributed by atoms with van der Waals surface area (Å²) >= 11 is 0. The zero-order chi connectivity index (χ0) is 30.8. The van der Waals surface area contributed by atoms with Crippen LogP contribution in [0.4, 0.5) is 11.4 Å². The van der Waals surface area contributed by atoms with Crippen LogP contribution in [0.3, 0.4) is 0 Å². The molecule has 8 nitrogen and oxygen atoms in total. The van der Waals surface area contributed by atoms with Gasteiger partial charge in [-0.05, 0) is 65.9 Å². The highest BCUT2D eigenvalue weighted by Crippen LogP contribution is 2.27. The van der Waals surface area contributed by atoms with Crippen LogP contribution in [0.5, 0.6) is 0 Å². The Morgan fingerprint density at radius 3 is 2.34 bits per heavy atom. The van der Waals surface area contributed by atoms with E-state index < -0.39 is 0 Å². The van der Waals surface area contributed by atoms with Crippen LogP contribution in [-0.2, 0) is 24.7 Å². The van der Waals surface area contributed by atoms with E-state index in [0.29, 0.717) is 12.6 Å². The predicted molar refractivity (Wildman–Crippen MR) is 181 cm³/mol. The Bertz CT molecular complexity index is 1800. The van der Waals surface area contributed by atoms with E-state index in [9.17, 15) is 4.79 Å². The second-order valence-corrected chi connectivity index (χ2v) is 12.0. The lowest BCUT2D eigenvalue weighted by Gasteiger charge is -2.38. The van der Waals surface area contributed by atoms with E-state index in [4.69, 9.17) is 16.1 Å². The summed E-state index contributed by atoms with van der Waals surface area (Å²) in [5, 5.41) is 10.1. The number of hydrogen-bond donors (Lipinski definition) is 2. The molecule has 226 valence electrons. The number of rotatable bonds is 9. The van der Waals surface area contributed by atoms with Gasteiger partial charge in [-0.2, -0.15) is 0 Å². The summed E-state index contributed by atoms with van der Waals surface area (Å²) < 4.78 is 2.13. The van der Waals surface area contributed by atoms with Crippen LogP contribution in [0.15, 0.2) is 84.9 Å². The number of nitrogens with two attached hydrogens (primary N) is 1. The molecular weight excluding hydrogens is 546 g/mol. The number of likely N-dealkylation sites (N-methyl/N-ethyl adjacent to an activating group) is 1. The molecule has 0 aliphatic carbocycles. The number of nitrogens with one attached hydrogen (secondary N) is 1. The predicted octanol–water partition coefficient (Wildman–Crippen LogP) is 5.36. The number of anilines is 2. The highest BCUT2D eigenvalue weighted by molar-refractivity contribution is 5.96. The minimum Gasteiger partial charge on any atom is -0.384 e. The van der Waals surface area contributed by atoms with Crippen LogP contribution in [0.2, 0.25) is 0 Å². The van der Waals surface area contributed by atoms with Gasteiger partial charge in [0.2, 0.25) is 5.91 Å². The molecule has 0 atom stereocenters. The molecule has 0 radical (unpaired) electrons. The monoisotopic (exact) mass is 587 g/mol. The maximum atomic E-state index is 13.3. The van der Waals surface area contributed by atoms with Crippen molar-refractivity contribution < 1.29 is 4.79 Å². The molecule has 2 heterocycles. The minimum absolute atomic E-state index is 0.0800. The number of amides is 1. The lowest BCUT2D eigenvalue weighted by atomic mass is 10.0. The second kappa shape index (κ2) is 12.5. The molecule has 4 aromatic carbocycles. The van der Waals surface area contributed by atoms with Gasteiger partial charge in [0.1, 0.15) is 11.7 Å². The van der Waals surface area contributed by atoms with E-state index in [1.54, 1.807) is 4.90 Å². The first-order valence-corrected chi connectivity index (χ1v) is 15.4. The van der Waals surface area contributed by atoms with Crippen molar-refractivity contribution in [2.45, 2.75) is 31.7 Å². The summed E-state index contributed by atoms with van der Waals surface area (Å²) in [6.45, 7) is 2.22. The van der Waals surface area contributed by atoms with Crippen molar-refractivity contribution in [3.63, 3.8) is 0 Å². The van der Waals surface area contributed by atoms with Crippen LogP contribution >= 0.6 is 0 Å². The summed E-state index contributed by atoms with van der Waals surface area (Å²) in [6.07, 6.45) is 3.70. The van der Waals surface area contributed by atoms with E-state index in [-0.39, 0.29) is 11.7 Å². The van der Waals surface area contributed by atoms with Crippen molar-refractivity contribution in [1.29, 1.82) is 5.41 Å². The van der Waals surface area contributed by atoms with Crippen LogP contribution in [0.25, 0.3) is 21.8 Å². The number of nitrogens with zero attached hydrogens (tertiary/aromatic N) is 5. The van der Waals surface area contributed by atoms with Gasteiger partial charge in [-0.3, -0.25) is 15.1 Å². The third kappa shape index (κ3) is 6.17. The number of imidazole rings is 1. The lowest BCUT2D eigenvalue weighted by molar-refractivity contribution is -0.119. The molecule has 5 aromatic rings. The molecule has 1 amide bonds. The molecule has 1 aliphatic rings. The number of likely N-dealkylation sites (tertiary alicyclic amines) is 1. The standard InChI is InChI=1S/C36H41N7O/c1-40(30-14-13-26-6-4-5-7-28(26)22-30)29-18-20-43(21-19-29)24-35(44)41(2)31-15-16-33-32(23-31)39-34(42(33)3)17-10-25-8-11-27(12-9-25)36(37)38/h4-9,11-16,22-23,29H,10,17-21,24H2,1-3H3,(H3,37,38). The van der Waals surface area contributed by atoms with Gasteiger partial charge in [0, 0.05) is 63.6 Å². The average molecular weight is 588 g/mol. The topological polar surface area (TPSA) is 94.5 Å². The molecule has 3 N–H and O–H groups in total. The number of aromatic nitrogens is 2. The highest BCUT2D eigenvalue weighted by atomic mass is 16.2. The summed E-state index contributed by atoms with van der Waals surface area (Å²) in [5.74, 6) is 1.17. The van der Waals surface area contributed by atoms with Crippen molar-refractivity contribution in [3.8, 4) is 0 Å². The Hall–Kier alpha value is -4.69. The molecule has 1 fully saturated rings. The Kier molecular flexibility index (Phi) is 8.35. The van der Waals surface area contributed by atoms with Crippen molar-refractivity contribution >= 4 is 44.9 Å². The zero-order valence-corrected chi connectivity index (χ0v) is 25.8. The van der Waals surface area contributed by atoms with E-state index in [0.717, 1.165) is 66.9 Å². The quantitative estimate of drug-likeness (QED) is 0.179. The van der Waals surface area contributed by atoms with E-state index >= 15 is 0 Å². The van der Waals surface area contributed by atoms with Crippen LogP contribution in [-0.4, -0.2) is 66.0 Å². The number of carbonyl (C=O) groups is 1. The number of nitrogen functional groups attached to an aromatic ring is 1. The van der Waals surface area contributed by atoms with Gasteiger partial charge < -0.3 is 20.1 Å². The molecule has 8 heteroatoms. The van der Waals surface area contributed by atoms with Gasteiger partial charge in [-0.15, -0.1) is 0 Å². The van der Waals surface area contributed by atoms with Gasteiger partial charge >= 0.3 is 0 Å². The molecule has 0 saturated carbocycles. The lowest BCUT2D eigenvalue weighted by Crippen LogP contribution is -2.47. The Labute approximate surface area is 259 Å². The smallest absolute Gasteiger partial charge is 0.240 e. The van der Waals surface area contributed by atoms with Crippen LogP contribution in [0.1, 0.15) is 29.8 Å². The van der Waals surface area contributed by atoms with Gasteiger partial charge in [-0.25, -0.2) is 4.98 Å². The molecular formula is C36H41N7O. The van der Waals surface area contributed by atoms with Crippen LogP contribution < -0.4 is 15.5 Å². The van der Waals surface area contributed by atoms with Crippen molar-refractivity contribution in [3.05, 3.63) is 102 Å². The third-order valence-electron chi connectivity index (χ3n) is 9.22. The Balaban J connectivity index is 1.04. The molecule has 1 aliphatic heterocycles. The number of piperidine rings is 1. The largest absolute Gasteiger partial charge is 0.384 e. The number of amidine groups is 1. The average Bonchev–Trinajstić information content (AvgIpc) is 3.37. The number of hydrogen-bond acceptors (Lipinski definition) is 5. The fourth-order valence-corrected chi connectivity index (χ4v) is 6.29. The zero-order valence-electron chi connectivity index (χ0n) is 25.8. The summed E-state index contributed by atoms with van der Waals surface area (Å²) in [5.41, 5.74) is 11.5. The second-order valence-electron chi connectivity index (χ2n) is 12.0. The summed E-state index contributed by atoms with van der Waals surface area (Å²) in [6, 6.07) is 29.5. The van der Waals surface area contributed by atoms with E-state index in [1.807, 2.05) is 50.5 Å². The molecule has 0 unspecified atom stereocenters. The maximum absolute atomic E-state index is 13.3. The molecule has 0 bridgehead atoms. The molecule has 0 spiro atoms. The van der Waals surface area contributed by atoms with Gasteiger partial charge in [-0.1, -0.05) is 54.6 Å². The Morgan fingerprint density at radius 2 is 1.61 bits per heavy atom. The van der Waals surface area contributed by atoms with Crippen molar-refractivity contribution in [2.24, 2.45) is 12.8 Å². The number of benzene rings is 4. The normalized spacial score (nSPS) is 14.2. The fraction of sp³-hybridized carbons (Fsp3) is 0.306. The summed E-state index contributed by atoms with van der Waals surface area (Å²) in [4.78, 5) is 24.7. The maximum Gasteiger partial charge on any atom is 0.240 e. The van der Waals surface area contributed by atoms with Crippen molar-refractivity contribution in [2.75, 3.05) is 43.5 Å².